The number of rotatable bonds is 4. The number of carbonyl (C=O) groups excluding carboxylic acids is 1. The van der Waals surface area contributed by atoms with Crippen LogP contribution in [-0.2, 0) is 9.53 Å². The molecule has 0 aliphatic heterocycles. The van der Waals surface area contributed by atoms with Crippen LogP contribution in [0.1, 0.15) is 32.6 Å². The van der Waals surface area contributed by atoms with Crippen molar-refractivity contribution in [2.75, 3.05) is 11.9 Å². The number of halogens is 2. The molecule has 2 atom stereocenters. The number of aromatic nitrogens is 3. The minimum atomic E-state index is -0.423. The number of carbonyl (C=O) groups is 1. The van der Waals surface area contributed by atoms with Gasteiger partial charge in [-0.1, -0.05) is 0 Å². The molecule has 2 aromatic heterocycles. The molecular weight excluding hydrogens is 347 g/mol. The molecular formula is C17H20ClFN4O2. The van der Waals surface area contributed by atoms with Gasteiger partial charge in [0, 0.05) is 12.2 Å². The zero-order valence-corrected chi connectivity index (χ0v) is 14.7. The molecule has 1 N–H and O–H groups in total. The molecule has 0 saturated heterocycles. The fraction of sp³-hybridized carbons (Fsp3) is 0.588. The molecule has 3 saturated carbocycles. The molecule has 3 aliphatic rings. The minimum absolute atomic E-state index is 0.0271. The highest BCUT2D eigenvalue weighted by Crippen LogP contribution is 2.47. The third kappa shape index (κ3) is 2.84. The van der Waals surface area contributed by atoms with Crippen LogP contribution in [-0.4, -0.2) is 33.2 Å². The van der Waals surface area contributed by atoms with Gasteiger partial charge < -0.3 is 10.1 Å². The standard InChI is InChI=1S/C17H20ClFN4O2/c1-2-25-16(24)12-9-3-5-10(6-4-9)13(12)20-15-14-11(19)7-8-23(14)22-17(18)21-15/h7-10,12-13H,2-6H2,1H3,(H,20,21,22)/t9?,10?,12-,13-/m0/s1. The van der Waals surface area contributed by atoms with Gasteiger partial charge in [0.05, 0.1) is 12.5 Å². The Labute approximate surface area is 149 Å². The van der Waals surface area contributed by atoms with Gasteiger partial charge in [-0.2, -0.15) is 4.98 Å². The van der Waals surface area contributed by atoms with E-state index in [4.69, 9.17) is 16.3 Å². The third-order valence-electron chi connectivity index (χ3n) is 5.52. The number of fused-ring (bicyclic) bond motifs is 4. The van der Waals surface area contributed by atoms with Crippen LogP contribution in [0.4, 0.5) is 10.2 Å². The zero-order chi connectivity index (χ0) is 17.6. The second-order valence-corrected chi connectivity index (χ2v) is 7.15. The van der Waals surface area contributed by atoms with Gasteiger partial charge in [-0.05, 0) is 62.1 Å². The first-order chi connectivity index (χ1) is 12.1. The van der Waals surface area contributed by atoms with E-state index in [0.717, 1.165) is 25.7 Å². The number of anilines is 1. The Morgan fingerprint density at radius 1 is 1.40 bits per heavy atom. The summed E-state index contributed by atoms with van der Waals surface area (Å²) in [5, 5.41) is 7.32. The first-order valence-corrected chi connectivity index (χ1v) is 9.09. The molecule has 6 nitrogen and oxygen atoms in total. The van der Waals surface area contributed by atoms with Gasteiger partial charge in [0.2, 0.25) is 5.28 Å². The van der Waals surface area contributed by atoms with Crippen LogP contribution in [0.2, 0.25) is 5.28 Å². The molecule has 2 aromatic rings. The molecule has 0 radical (unpaired) electrons. The quantitative estimate of drug-likeness (QED) is 0.841. The summed E-state index contributed by atoms with van der Waals surface area (Å²) in [7, 11) is 0. The predicted molar refractivity (Wildman–Crippen MR) is 90.9 cm³/mol. The van der Waals surface area contributed by atoms with E-state index < -0.39 is 5.82 Å². The maximum absolute atomic E-state index is 14.2. The molecule has 134 valence electrons. The molecule has 3 aliphatic carbocycles. The topological polar surface area (TPSA) is 68.5 Å². The zero-order valence-electron chi connectivity index (χ0n) is 13.9. The number of hydrogen-bond acceptors (Lipinski definition) is 5. The molecule has 0 unspecified atom stereocenters. The van der Waals surface area contributed by atoms with Crippen molar-refractivity contribution in [3.63, 3.8) is 0 Å². The number of ether oxygens (including phenoxy) is 1. The van der Waals surface area contributed by atoms with Crippen molar-refractivity contribution in [3.8, 4) is 0 Å². The Bertz CT molecular complexity index is 803. The Balaban J connectivity index is 1.71. The summed E-state index contributed by atoms with van der Waals surface area (Å²) in [6, 6.07) is 1.19. The van der Waals surface area contributed by atoms with Crippen LogP contribution < -0.4 is 5.32 Å². The predicted octanol–water partition coefficient (Wildman–Crippen LogP) is 3.30. The lowest BCUT2D eigenvalue weighted by molar-refractivity contribution is -0.154. The van der Waals surface area contributed by atoms with Crippen LogP contribution in [0.15, 0.2) is 12.3 Å². The van der Waals surface area contributed by atoms with E-state index in [1.54, 1.807) is 0 Å². The summed E-state index contributed by atoms with van der Waals surface area (Å²) < 4.78 is 20.9. The van der Waals surface area contributed by atoms with Crippen LogP contribution in [0.3, 0.4) is 0 Å². The molecule has 0 spiro atoms. The fourth-order valence-corrected chi connectivity index (χ4v) is 4.62. The average Bonchev–Trinajstić information content (AvgIpc) is 2.97. The van der Waals surface area contributed by atoms with E-state index in [2.05, 4.69) is 15.4 Å². The summed E-state index contributed by atoms with van der Waals surface area (Å²) in [4.78, 5) is 16.7. The summed E-state index contributed by atoms with van der Waals surface area (Å²) in [6.45, 7) is 2.17. The van der Waals surface area contributed by atoms with Crippen molar-refractivity contribution in [3.05, 3.63) is 23.4 Å². The van der Waals surface area contributed by atoms with Gasteiger partial charge in [-0.25, -0.2) is 8.91 Å². The normalized spacial score (nSPS) is 28.3. The van der Waals surface area contributed by atoms with Gasteiger partial charge in [0.15, 0.2) is 11.6 Å². The van der Waals surface area contributed by atoms with E-state index in [-0.39, 0.29) is 28.7 Å². The Kier molecular flexibility index (Phi) is 4.27. The highest BCUT2D eigenvalue weighted by atomic mass is 35.5. The monoisotopic (exact) mass is 366 g/mol. The fourth-order valence-electron chi connectivity index (χ4n) is 4.45. The third-order valence-corrected chi connectivity index (χ3v) is 5.68. The summed E-state index contributed by atoms with van der Waals surface area (Å²) >= 11 is 5.98. The van der Waals surface area contributed by atoms with Gasteiger partial charge >= 0.3 is 5.97 Å². The minimum Gasteiger partial charge on any atom is -0.466 e. The van der Waals surface area contributed by atoms with E-state index >= 15 is 0 Å². The largest absolute Gasteiger partial charge is 0.466 e. The van der Waals surface area contributed by atoms with Crippen molar-refractivity contribution in [2.24, 2.45) is 17.8 Å². The highest BCUT2D eigenvalue weighted by molar-refractivity contribution is 6.28. The van der Waals surface area contributed by atoms with Crippen molar-refractivity contribution in [2.45, 2.75) is 38.6 Å². The first-order valence-electron chi connectivity index (χ1n) is 8.72. The van der Waals surface area contributed by atoms with E-state index in [0.29, 0.717) is 24.3 Å². The smallest absolute Gasteiger partial charge is 0.311 e. The Morgan fingerprint density at radius 2 is 2.12 bits per heavy atom. The summed E-state index contributed by atoms with van der Waals surface area (Å²) in [5.41, 5.74) is 0.244. The molecule has 25 heavy (non-hydrogen) atoms. The van der Waals surface area contributed by atoms with Crippen molar-refractivity contribution in [1.82, 2.24) is 14.6 Å². The van der Waals surface area contributed by atoms with E-state index in [1.165, 1.54) is 16.8 Å². The van der Waals surface area contributed by atoms with E-state index in [9.17, 15) is 9.18 Å². The van der Waals surface area contributed by atoms with Crippen molar-refractivity contribution < 1.29 is 13.9 Å². The number of hydrogen-bond donors (Lipinski definition) is 1. The lowest BCUT2D eigenvalue weighted by Crippen LogP contribution is -2.52. The lowest BCUT2D eigenvalue weighted by Gasteiger charge is -2.47. The van der Waals surface area contributed by atoms with E-state index in [1.807, 2.05) is 6.92 Å². The molecule has 0 aromatic carbocycles. The Hall–Kier alpha value is -1.89. The maximum Gasteiger partial charge on any atom is 0.311 e. The molecule has 3 fully saturated rings. The lowest BCUT2D eigenvalue weighted by atomic mass is 9.61. The molecule has 8 heteroatoms. The molecule has 0 amide bonds. The van der Waals surface area contributed by atoms with Crippen LogP contribution in [0.25, 0.3) is 5.52 Å². The van der Waals surface area contributed by atoms with Crippen molar-refractivity contribution in [1.29, 1.82) is 0 Å². The number of esters is 1. The number of nitrogens with one attached hydrogen (secondary N) is 1. The molecule has 2 heterocycles. The van der Waals surface area contributed by atoms with Gasteiger partial charge in [0.25, 0.3) is 0 Å². The molecule has 5 rings (SSSR count). The molecule has 2 bridgehead atoms. The summed E-state index contributed by atoms with van der Waals surface area (Å²) in [5.74, 6) is 0.126. The van der Waals surface area contributed by atoms with Crippen LogP contribution >= 0.6 is 11.6 Å². The van der Waals surface area contributed by atoms with Crippen LogP contribution in [0.5, 0.6) is 0 Å². The van der Waals surface area contributed by atoms with Crippen LogP contribution in [0, 0.1) is 23.6 Å². The highest BCUT2D eigenvalue weighted by Gasteiger charge is 2.48. The number of nitrogens with zero attached hydrogens (tertiary/aromatic N) is 3. The first kappa shape index (κ1) is 16.6. The maximum atomic E-state index is 14.2. The SMILES string of the molecule is CCOC(=O)[C@H]1C2CCC(CC2)[C@@H]1Nc1nc(Cl)nn2ccc(F)c12. The van der Waals surface area contributed by atoms with Gasteiger partial charge in [0.1, 0.15) is 5.52 Å². The summed E-state index contributed by atoms with van der Waals surface area (Å²) in [6.07, 6.45) is 5.67. The van der Waals surface area contributed by atoms with Crippen molar-refractivity contribution >= 4 is 28.9 Å². The Morgan fingerprint density at radius 3 is 2.84 bits per heavy atom. The average molecular weight is 367 g/mol. The van der Waals surface area contributed by atoms with Gasteiger partial charge in [-0.3, -0.25) is 4.79 Å². The van der Waals surface area contributed by atoms with Gasteiger partial charge in [-0.15, -0.1) is 5.10 Å². The second kappa shape index (κ2) is 6.44. The second-order valence-electron chi connectivity index (χ2n) is 6.81.